The van der Waals surface area contributed by atoms with Crippen LogP contribution in [0.25, 0.3) is 107 Å². The molecule has 6 aliphatic heterocycles. The van der Waals surface area contributed by atoms with Gasteiger partial charge in [-0.05, 0) is 207 Å². The summed E-state index contributed by atoms with van der Waals surface area (Å²) in [7, 11) is 1.62. The van der Waals surface area contributed by atoms with E-state index in [1.54, 1.807) is 88.6 Å². The topological polar surface area (TPSA) is 322 Å². The number of benzene rings is 1. The number of fused-ring (bicyclic) bond motifs is 6. The van der Waals surface area contributed by atoms with Crippen molar-refractivity contribution in [3.63, 3.8) is 0 Å². The van der Waals surface area contributed by atoms with Crippen molar-refractivity contribution >= 4 is 241 Å². The van der Waals surface area contributed by atoms with E-state index >= 15 is 0 Å². The SMILES string of the molecule is Brc1csc2c(-c3cccc4c3C=NC4)nc(N3CCCCC3)nc12.COc1ccc(-c2nc(N3CCCCC3)nc3c(Br)csc23)cn1.Cc1nc(N)ncc1-c1nc(N2CCCCC2)nc2c(Br)csc12.Nc1ccc(-c2nc(N3CCCCC3)nc3c(Br)csc23)cn1.Nc1ncc(-c2nc(N3CCCCC3)nc3c(Br)csc23)cn1. The molecule has 119 heavy (non-hydrogen) atoms. The van der Waals surface area contributed by atoms with Gasteiger partial charge in [0.25, 0.3) is 0 Å². The number of thiophene rings is 5. The molecular weight excluding hydrogens is 1920 g/mol. The van der Waals surface area contributed by atoms with E-state index in [0.717, 1.165) is 232 Å². The van der Waals surface area contributed by atoms with E-state index in [4.69, 9.17) is 71.8 Å². The van der Waals surface area contributed by atoms with Gasteiger partial charge in [-0.1, -0.05) is 18.2 Å². The molecule has 20 heterocycles. The van der Waals surface area contributed by atoms with E-state index in [-0.39, 0.29) is 11.9 Å². The average Bonchev–Trinajstić information content (AvgIpc) is 1.54. The van der Waals surface area contributed by atoms with Crippen LogP contribution in [0, 0.1) is 6.92 Å². The number of aliphatic imine (C=N–C) groups is 1. The fourth-order valence-corrected chi connectivity index (χ4v) is 23.1. The molecule has 0 aliphatic carbocycles. The average molecular weight is 2010 g/mol. The summed E-state index contributed by atoms with van der Waals surface area (Å²) in [4.78, 5) is 89.6. The maximum atomic E-state index is 5.71. The molecule has 15 aromatic rings. The summed E-state index contributed by atoms with van der Waals surface area (Å²) in [6.45, 7) is 12.9. The van der Waals surface area contributed by atoms with Crippen LogP contribution in [0.3, 0.4) is 0 Å². The van der Waals surface area contributed by atoms with Crippen LogP contribution in [0.1, 0.15) is 113 Å². The van der Waals surface area contributed by atoms with Crippen LogP contribution in [0.15, 0.2) is 128 Å². The molecule has 5 saturated heterocycles. The minimum Gasteiger partial charge on any atom is -0.481 e. The number of ether oxygens (including phenoxy) is 1. The summed E-state index contributed by atoms with van der Waals surface area (Å²) in [6, 6.07) is 14.1. The summed E-state index contributed by atoms with van der Waals surface area (Å²) in [5.74, 6) is 5.71. The third-order valence-corrected chi connectivity index (χ3v) is 30.8. The van der Waals surface area contributed by atoms with Gasteiger partial charge in [-0.2, -0.15) is 0 Å². The van der Waals surface area contributed by atoms with Gasteiger partial charge in [-0.15, -0.1) is 56.7 Å². The first-order valence-corrected chi connectivity index (χ1v) is 48.0. The van der Waals surface area contributed by atoms with Crippen LogP contribution in [0.4, 0.5) is 47.5 Å². The first kappa shape index (κ1) is 82.5. The van der Waals surface area contributed by atoms with Gasteiger partial charge in [0.2, 0.25) is 47.5 Å². The molecule has 26 nitrogen and oxygen atoms in total. The molecule has 0 bridgehead atoms. The molecular formula is C83H82Br5N25OS5. The Morgan fingerprint density at radius 2 is 0.689 bits per heavy atom. The molecule has 1 aromatic carbocycles. The molecule has 14 aromatic heterocycles. The Morgan fingerprint density at radius 1 is 0.345 bits per heavy atom. The second kappa shape index (κ2) is 37.6. The number of rotatable bonds is 11. The summed E-state index contributed by atoms with van der Waals surface area (Å²) < 4.78 is 15.6. The fraction of sp³-hybridized carbons (Fsp3) is 0.337. The Morgan fingerprint density at radius 3 is 1.05 bits per heavy atom. The van der Waals surface area contributed by atoms with Gasteiger partial charge in [0.05, 0.1) is 93.7 Å². The van der Waals surface area contributed by atoms with E-state index in [1.807, 2.05) is 49.0 Å². The number of methoxy groups -OCH3 is 1. The standard InChI is InChI=1S/C19H17BrN4S.C17H17BrN4OS.C16H17BrN6S.C16H16BrN5S.C15H15BrN6S/c20-15-11-25-18-16(13-6-4-5-12-9-21-10-14(12)13)22-19(23-17(15)18)24-7-2-1-3-8-24;1-23-13-6-5-11(9-19-13)14-16-15(12(18)10-24-16)21-17(20-14)22-7-3-2-4-8-22;1-9-10(7-19-15(18)20-9)12-14-13(11(17)8-24-14)22-16(21-12)23-5-3-2-4-6-23;17-11-9-23-15-13(10-4-5-12(18)19-8-10)20-16(21-14(11)15)22-6-2-1-3-7-22;16-10-8-23-13-11(9-6-18-14(17)19-7-9)20-15(21-12(10)13)22-4-2-1-3-5-22/h4-6,10-11H,1-3,7-9H2;5-6,9-10H,2-4,7-8H2,1H3;7-8H,2-6H2,1H3,(H2,18,19,20);4-5,8-9H,1-3,6-7H2,(H2,18,19);6-8H,1-5H2,(H2,17,18,19). The summed E-state index contributed by atoms with van der Waals surface area (Å²) in [5, 5.41) is 10.3. The maximum absolute atomic E-state index is 5.71. The number of piperidine rings is 5. The van der Waals surface area contributed by atoms with Crippen LogP contribution in [0.5, 0.6) is 5.88 Å². The van der Waals surface area contributed by atoms with E-state index in [2.05, 4.69) is 179 Å². The highest BCUT2D eigenvalue weighted by atomic mass is 79.9. The summed E-state index contributed by atoms with van der Waals surface area (Å²) in [6.07, 6.45) is 29.2. The number of anilines is 8. The lowest BCUT2D eigenvalue weighted by molar-refractivity contribution is 0.398. The van der Waals surface area contributed by atoms with Crippen molar-refractivity contribution < 1.29 is 4.74 Å². The number of aryl methyl sites for hydroxylation is 1. The van der Waals surface area contributed by atoms with Gasteiger partial charge in [0, 0.05) is 169 Å². The Balaban J connectivity index is 0.000000106. The number of nitrogens with two attached hydrogens (primary N) is 3. The number of nitrogen functional groups attached to an aromatic ring is 3. The Labute approximate surface area is 749 Å². The number of nitrogens with zero attached hydrogens (tertiary/aromatic N) is 22. The summed E-state index contributed by atoms with van der Waals surface area (Å²) in [5.41, 5.74) is 34.7. The lowest BCUT2D eigenvalue weighted by atomic mass is 10.0. The molecule has 0 radical (unpaired) electrons. The zero-order valence-electron chi connectivity index (χ0n) is 65.2. The minimum atomic E-state index is 0.266. The third-order valence-electron chi connectivity index (χ3n) is 21.4. The number of pyridine rings is 2. The molecule has 0 unspecified atom stereocenters. The van der Waals surface area contributed by atoms with Crippen molar-refractivity contribution in [3.05, 3.63) is 140 Å². The van der Waals surface area contributed by atoms with Crippen molar-refractivity contribution in [3.8, 4) is 62.2 Å². The molecule has 21 rings (SSSR count). The van der Waals surface area contributed by atoms with Gasteiger partial charge < -0.3 is 46.4 Å². The van der Waals surface area contributed by atoms with Gasteiger partial charge in [-0.3, -0.25) is 4.99 Å². The predicted molar refractivity (Wildman–Crippen MR) is 506 cm³/mol. The molecule has 0 spiro atoms. The van der Waals surface area contributed by atoms with Crippen molar-refractivity contribution in [2.45, 2.75) is 110 Å². The Bertz CT molecular complexity index is 6020. The monoisotopic (exact) mass is 2000 g/mol. The van der Waals surface area contributed by atoms with Gasteiger partial charge >= 0.3 is 0 Å². The largest absolute Gasteiger partial charge is 0.481 e. The second-order valence-electron chi connectivity index (χ2n) is 29.4. The Hall–Kier alpha value is -8.85. The van der Waals surface area contributed by atoms with Crippen molar-refractivity contribution in [1.29, 1.82) is 0 Å². The van der Waals surface area contributed by atoms with Crippen molar-refractivity contribution in [2.24, 2.45) is 4.99 Å². The fourth-order valence-electron chi connectivity index (χ4n) is 15.2. The molecule has 6 aliphatic rings. The van der Waals surface area contributed by atoms with Crippen LogP contribution >= 0.6 is 136 Å². The minimum absolute atomic E-state index is 0.266. The highest BCUT2D eigenvalue weighted by Crippen LogP contribution is 2.44. The quantitative estimate of drug-likeness (QED) is 0.108. The summed E-state index contributed by atoms with van der Waals surface area (Å²) >= 11 is 26.3. The van der Waals surface area contributed by atoms with Crippen LogP contribution in [0.2, 0.25) is 0 Å². The van der Waals surface area contributed by atoms with E-state index in [0.29, 0.717) is 11.7 Å². The number of halogens is 5. The highest BCUT2D eigenvalue weighted by molar-refractivity contribution is 9.11. The van der Waals surface area contributed by atoms with Crippen molar-refractivity contribution in [2.75, 3.05) is 114 Å². The number of aromatic nitrogens is 16. The molecule has 36 heteroatoms. The lowest BCUT2D eigenvalue weighted by Gasteiger charge is -2.27. The predicted octanol–water partition coefficient (Wildman–Crippen LogP) is 20.9. The molecule has 0 saturated carbocycles. The van der Waals surface area contributed by atoms with Crippen LogP contribution in [-0.2, 0) is 6.54 Å². The normalized spacial score (nSPS) is 15.5. The van der Waals surface area contributed by atoms with E-state index < -0.39 is 0 Å². The smallest absolute Gasteiger partial charge is 0.226 e. The van der Waals surface area contributed by atoms with Gasteiger partial charge in [-0.25, -0.2) is 79.7 Å². The molecule has 0 amide bonds. The zero-order chi connectivity index (χ0) is 81.6. The van der Waals surface area contributed by atoms with Crippen LogP contribution in [-0.4, -0.2) is 159 Å². The van der Waals surface area contributed by atoms with Gasteiger partial charge in [0.1, 0.15) is 33.4 Å². The van der Waals surface area contributed by atoms with E-state index in [1.165, 1.54) is 113 Å². The number of hydrogen-bond acceptors (Lipinski definition) is 31. The molecule has 610 valence electrons. The first-order chi connectivity index (χ1) is 58.1. The van der Waals surface area contributed by atoms with Crippen LogP contribution < -0.4 is 46.4 Å². The Kier molecular flexibility index (Phi) is 26.1. The second-order valence-corrected chi connectivity index (χ2v) is 38.0. The van der Waals surface area contributed by atoms with Gasteiger partial charge in [0.15, 0.2) is 0 Å². The zero-order valence-corrected chi connectivity index (χ0v) is 77.2. The van der Waals surface area contributed by atoms with E-state index in [9.17, 15) is 0 Å². The van der Waals surface area contributed by atoms with Crippen molar-refractivity contribution in [1.82, 2.24) is 79.7 Å². The highest BCUT2D eigenvalue weighted by Gasteiger charge is 2.28. The molecule has 0 atom stereocenters. The molecule has 5 fully saturated rings. The maximum Gasteiger partial charge on any atom is 0.226 e. The lowest BCUT2D eigenvalue weighted by Crippen LogP contribution is -2.31. The number of hydrogen-bond donors (Lipinski definition) is 3. The molecule has 6 N–H and O–H groups in total. The third kappa shape index (κ3) is 18.4. The first-order valence-electron chi connectivity index (χ1n) is 39.6.